The molecule has 0 radical (unpaired) electrons. The molecule has 26 heavy (non-hydrogen) atoms. The van der Waals surface area contributed by atoms with Gasteiger partial charge in [0.25, 0.3) is 0 Å². The summed E-state index contributed by atoms with van der Waals surface area (Å²) >= 11 is 0. The van der Waals surface area contributed by atoms with E-state index in [9.17, 15) is 9.59 Å². The van der Waals surface area contributed by atoms with E-state index in [1.165, 1.54) is 7.11 Å². The molecule has 2 aromatic rings. The second kappa shape index (κ2) is 10.6. The summed E-state index contributed by atoms with van der Waals surface area (Å²) in [5.41, 5.74) is 1.71. The van der Waals surface area contributed by atoms with Crippen molar-refractivity contribution in [3.8, 4) is 5.75 Å². The molecule has 0 saturated carbocycles. The molecule has 1 amide bonds. The van der Waals surface area contributed by atoms with Crippen LogP contribution in [-0.2, 0) is 20.9 Å². The molecule has 6 nitrogen and oxygen atoms in total. The summed E-state index contributed by atoms with van der Waals surface area (Å²) in [5, 5.41) is 2.64. The first kappa shape index (κ1) is 19.1. The monoisotopic (exact) mass is 355 g/mol. The summed E-state index contributed by atoms with van der Waals surface area (Å²) in [5.74, 6) is 0.104. The van der Waals surface area contributed by atoms with E-state index >= 15 is 0 Å². The first-order valence-electron chi connectivity index (χ1n) is 8.09. The molecular weight excluding hydrogens is 334 g/mol. The van der Waals surface area contributed by atoms with Crippen molar-refractivity contribution in [2.45, 2.75) is 6.61 Å². The zero-order chi connectivity index (χ0) is 18.6. The smallest absolute Gasteiger partial charge is 0.407 e. The van der Waals surface area contributed by atoms with Gasteiger partial charge < -0.3 is 19.5 Å². The van der Waals surface area contributed by atoms with Gasteiger partial charge in [-0.15, -0.1) is 0 Å². The highest BCUT2D eigenvalue weighted by molar-refractivity contribution is 5.71. The molecule has 0 bridgehead atoms. The molecule has 0 aromatic heterocycles. The Labute approximate surface area is 152 Å². The highest BCUT2D eigenvalue weighted by atomic mass is 16.6. The van der Waals surface area contributed by atoms with Crippen molar-refractivity contribution in [3.63, 3.8) is 0 Å². The summed E-state index contributed by atoms with van der Waals surface area (Å²) in [7, 11) is 1.31. The minimum absolute atomic E-state index is 0.161. The third-order valence-electron chi connectivity index (χ3n) is 3.37. The molecule has 6 heteroatoms. The van der Waals surface area contributed by atoms with E-state index in [0.29, 0.717) is 12.3 Å². The number of methoxy groups -OCH3 is 1. The van der Waals surface area contributed by atoms with E-state index in [0.717, 1.165) is 11.1 Å². The number of benzene rings is 2. The normalized spacial score (nSPS) is 10.3. The Morgan fingerprint density at radius 3 is 2.54 bits per heavy atom. The lowest BCUT2D eigenvalue weighted by atomic mass is 10.2. The van der Waals surface area contributed by atoms with E-state index in [1.54, 1.807) is 18.2 Å². The van der Waals surface area contributed by atoms with Crippen LogP contribution in [0.1, 0.15) is 11.1 Å². The summed E-state index contributed by atoms with van der Waals surface area (Å²) < 4.78 is 15.1. The van der Waals surface area contributed by atoms with E-state index in [-0.39, 0.29) is 13.2 Å². The highest BCUT2D eigenvalue weighted by Gasteiger charge is 2.05. The van der Waals surface area contributed by atoms with Crippen molar-refractivity contribution < 1.29 is 23.8 Å². The van der Waals surface area contributed by atoms with Crippen LogP contribution in [0.5, 0.6) is 5.75 Å². The summed E-state index contributed by atoms with van der Waals surface area (Å²) in [6.45, 7) is 0.366. The van der Waals surface area contributed by atoms with Gasteiger partial charge in [-0.2, -0.15) is 0 Å². The molecule has 2 rings (SSSR count). The largest absolute Gasteiger partial charge is 0.481 e. The van der Waals surface area contributed by atoms with Gasteiger partial charge >= 0.3 is 12.1 Å². The maximum Gasteiger partial charge on any atom is 0.407 e. The van der Waals surface area contributed by atoms with Gasteiger partial charge in [0.05, 0.1) is 7.11 Å². The number of para-hydroxylation sites is 1. The van der Waals surface area contributed by atoms with Crippen molar-refractivity contribution in [2.24, 2.45) is 0 Å². The quantitative estimate of drug-likeness (QED) is 0.736. The van der Waals surface area contributed by atoms with Crippen LogP contribution in [0, 0.1) is 0 Å². The maximum atomic E-state index is 11.7. The molecule has 0 fully saturated rings. The zero-order valence-electron chi connectivity index (χ0n) is 14.5. The third-order valence-corrected chi connectivity index (χ3v) is 3.37. The summed E-state index contributed by atoms with van der Waals surface area (Å²) in [6, 6.07) is 16.7. The molecule has 0 aliphatic heterocycles. The number of nitrogens with one attached hydrogen (secondary N) is 1. The molecule has 0 atom stereocenters. The van der Waals surface area contributed by atoms with Crippen LogP contribution in [0.25, 0.3) is 6.08 Å². The maximum absolute atomic E-state index is 11.7. The van der Waals surface area contributed by atoms with Crippen LogP contribution < -0.4 is 10.1 Å². The number of ether oxygens (including phenoxy) is 3. The van der Waals surface area contributed by atoms with E-state index in [2.05, 4.69) is 10.1 Å². The van der Waals surface area contributed by atoms with Crippen molar-refractivity contribution in [1.29, 1.82) is 0 Å². The lowest BCUT2D eigenvalue weighted by Gasteiger charge is -2.08. The Bertz CT molecular complexity index is 743. The molecule has 0 spiro atoms. The Kier molecular flexibility index (Phi) is 7.74. The van der Waals surface area contributed by atoms with Gasteiger partial charge in [-0.1, -0.05) is 60.7 Å². The first-order valence-corrected chi connectivity index (χ1v) is 8.09. The number of carbonyl (C=O) groups is 2. The highest BCUT2D eigenvalue weighted by Crippen LogP contribution is 2.19. The molecule has 0 saturated heterocycles. The third kappa shape index (κ3) is 6.68. The molecule has 1 N–H and O–H groups in total. The number of esters is 1. The second-order valence-corrected chi connectivity index (χ2v) is 5.25. The van der Waals surface area contributed by atoms with Gasteiger partial charge in [0.2, 0.25) is 0 Å². The van der Waals surface area contributed by atoms with Crippen LogP contribution in [0.2, 0.25) is 0 Å². The van der Waals surface area contributed by atoms with Crippen LogP contribution in [-0.4, -0.2) is 32.3 Å². The number of amides is 1. The number of hydrogen-bond donors (Lipinski definition) is 1. The summed E-state index contributed by atoms with van der Waals surface area (Å²) in [4.78, 5) is 22.8. The Morgan fingerprint density at radius 2 is 1.77 bits per heavy atom. The average Bonchev–Trinajstić information content (AvgIpc) is 2.69. The predicted molar refractivity (Wildman–Crippen MR) is 97.6 cm³/mol. The van der Waals surface area contributed by atoms with E-state index < -0.39 is 12.1 Å². The van der Waals surface area contributed by atoms with Gasteiger partial charge in [-0.3, -0.25) is 0 Å². The van der Waals surface area contributed by atoms with Crippen molar-refractivity contribution in [1.82, 2.24) is 5.32 Å². The molecular formula is C20H21NO5. The van der Waals surface area contributed by atoms with E-state index in [1.807, 2.05) is 48.5 Å². The lowest BCUT2D eigenvalue weighted by molar-refractivity contribution is -0.142. The van der Waals surface area contributed by atoms with Gasteiger partial charge in [-0.05, 0) is 11.6 Å². The zero-order valence-corrected chi connectivity index (χ0v) is 14.5. The van der Waals surface area contributed by atoms with Gasteiger partial charge in [0.1, 0.15) is 12.4 Å². The molecule has 0 aliphatic carbocycles. The first-order chi connectivity index (χ1) is 12.7. The minimum Gasteiger partial charge on any atom is -0.481 e. The molecule has 0 unspecified atom stereocenters. The summed E-state index contributed by atoms with van der Waals surface area (Å²) in [6.07, 6.45) is 3.07. The molecule has 2 aromatic carbocycles. The Hall–Kier alpha value is -3.28. The standard InChI is InChI=1S/C20H21NO5/c1-24-19(22)15-25-18-12-6-5-10-17(18)11-7-13-21-20(23)26-14-16-8-3-2-4-9-16/h2-12H,13-15H2,1H3,(H,21,23). The van der Waals surface area contributed by atoms with Gasteiger partial charge in [-0.25, -0.2) is 9.59 Å². The fraction of sp³-hybridized carbons (Fsp3) is 0.200. The lowest BCUT2D eigenvalue weighted by Crippen LogP contribution is -2.24. The fourth-order valence-corrected chi connectivity index (χ4v) is 2.05. The van der Waals surface area contributed by atoms with Crippen molar-refractivity contribution in [3.05, 3.63) is 71.8 Å². The number of carbonyl (C=O) groups excluding carboxylic acids is 2. The van der Waals surface area contributed by atoms with Crippen LogP contribution in [0.4, 0.5) is 4.79 Å². The number of rotatable bonds is 8. The SMILES string of the molecule is COC(=O)COc1ccccc1C=CCNC(=O)OCc1ccccc1. The molecule has 0 heterocycles. The molecule has 136 valence electrons. The Morgan fingerprint density at radius 1 is 1.04 bits per heavy atom. The van der Waals surface area contributed by atoms with Gasteiger partial charge in [0, 0.05) is 12.1 Å². The van der Waals surface area contributed by atoms with E-state index in [4.69, 9.17) is 9.47 Å². The number of alkyl carbamates (subject to hydrolysis) is 1. The second-order valence-electron chi connectivity index (χ2n) is 5.25. The topological polar surface area (TPSA) is 73.9 Å². The predicted octanol–water partition coefficient (Wildman–Crippen LogP) is 3.18. The molecule has 0 aliphatic rings. The van der Waals surface area contributed by atoms with Crippen molar-refractivity contribution >= 4 is 18.1 Å². The Balaban J connectivity index is 1.77. The van der Waals surface area contributed by atoms with Gasteiger partial charge in [0.15, 0.2) is 6.61 Å². The van der Waals surface area contributed by atoms with Crippen LogP contribution in [0.15, 0.2) is 60.7 Å². The number of hydrogen-bond acceptors (Lipinski definition) is 5. The van der Waals surface area contributed by atoms with Crippen molar-refractivity contribution in [2.75, 3.05) is 20.3 Å². The average molecular weight is 355 g/mol. The van der Waals surface area contributed by atoms with Crippen LogP contribution >= 0.6 is 0 Å². The minimum atomic E-state index is -0.492. The van der Waals surface area contributed by atoms with Crippen LogP contribution in [0.3, 0.4) is 0 Å². The fourth-order valence-electron chi connectivity index (χ4n) is 2.05.